The fourth-order valence-corrected chi connectivity index (χ4v) is 5.35. The maximum absolute atomic E-state index is 13.4. The number of benzene rings is 4. The third-order valence-corrected chi connectivity index (χ3v) is 7.52. The quantitative estimate of drug-likeness (QED) is 0.303. The number of carbonyl (C=O) groups is 1. The van der Waals surface area contributed by atoms with Gasteiger partial charge in [-0.05, 0) is 42.2 Å². The number of amides is 1. The van der Waals surface area contributed by atoms with E-state index in [2.05, 4.69) is 10.0 Å². The lowest BCUT2D eigenvalue weighted by molar-refractivity contribution is -0.122. The van der Waals surface area contributed by atoms with Crippen molar-refractivity contribution in [3.8, 4) is 0 Å². The summed E-state index contributed by atoms with van der Waals surface area (Å²) in [5.74, 6) is -0.150. The lowest BCUT2D eigenvalue weighted by atomic mass is 9.93. The Labute approximate surface area is 213 Å². The first-order valence-electron chi connectivity index (χ1n) is 11.9. The van der Waals surface area contributed by atoms with E-state index in [9.17, 15) is 13.2 Å². The molecule has 0 aliphatic heterocycles. The van der Waals surface area contributed by atoms with E-state index in [1.807, 2.05) is 97.9 Å². The van der Waals surface area contributed by atoms with Crippen LogP contribution in [0.4, 0.5) is 0 Å². The van der Waals surface area contributed by atoms with Crippen molar-refractivity contribution in [1.82, 2.24) is 10.0 Å². The first-order valence-corrected chi connectivity index (χ1v) is 13.4. The Morgan fingerprint density at radius 1 is 0.694 bits per heavy atom. The normalized spacial score (nSPS) is 13.0. The summed E-state index contributed by atoms with van der Waals surface area (Å²) >= 11 is 0. The SMILES string of the molecule is Cc1ccc(S(=O)(=O)NC(c2ccccc2)C(NC(=O)CCc2ccccc2)c2ccccc2)cc1. The molecule has 0 bridgehead atoms. The van der Waals surface area contributed by atoms with Crippen LogP contribution in [0, 0.1) is 6.92 Å². The predicted molar refractivity (Wildman–Crippen MR) is 143 cm³/mol. The molecule has 0 aromatic heterocycles. The molecule has 0 aliphatic rings. The molecule has 1 amide bonds. The average molecular weight is 499 g/mol. The van der Waals surface area contributed by atoms with Gasteiger partial charge in [-0.3, -0.25) is 4.79 Å². The predicted octanol–water partition coefficient (Wildman–Crippen LogP) is 5.50. The van der Waals surface area contributed by atoms with E-state index < -0.39 is 22.1 Å². The van der Waals surface area contributed by atoms with Crippen LogP contribution in [-0.2, 0) is 21.2 Å². The van der Waals surface area contributed by atoms with Crippen LogP contribution in [0.15, 0.2) is 120 Å². The largest absolute Gasteiger partial charge is 0.347 e. The van der Waals surface area contributed by atoms with Crippen LogP contribution < -0.4 is 10.0 Å². The van der Waals surface area contributed by atoms with Crippen LogP contribution in [0.25, 0.3) is 0 Å². The topological polar surface area (TPSA) is 75.3 Å². The summed E-state index contributed by atoms with van der Waals surface area (Å²) in [4.78, 5) is 13.3. The third-order valence-electron chi connectivity index (χ3n) is 6.06. The minimum absolute atomic E-state index is 0.150. The van der Waals surface area contributed by atoms with Crippen LogP contribution in [0.3, 0.4) is 0 Å². The number of nitrogens with one attached hydrogen (secondary N) is 2. The number of aryl methyl sites for hydroxylation is 2. The van der Waals surface area contributed by atoms with Crippen LogP contribution in [0.1, 0.15) is 40.8 Å². The molecule has 2 unspecified atom stereocenters. The van der Waals surface area contributed by atoms with Crippen LogP contribution >= 0.6 is 0 Å². The lowest BCUT2D eigenvalue weighted by Gasteiger charge is -2.30. The van der Waals surface area contributed by atoms with E-state index in [-0.39, 0.29) is 10.8 Å². The summed E-state index contributed by atoms with van der Waals surface area (Å²) < 4.78 is 29.8. The van der Waals surface area contributed by atoms with Crippen molar-refractivity contribution in [2.45, 2.75) is 36.7 Å². The Morgan fingerprint density at radius 2 is 1.19 bits per heavy atom. The number of hydrogen-bond acceptors (Lipinski definition) is 3. The number of sulfonamides is 1. The highest BCUT2D eigenvalue weighted by molar-refractivity contribution is 7.89. The van der Waals surface area contributed by atoms with Crippen LogP contribution in [0.2, 0.25) is 0 Å². The Balaban J connectivity index is 1.66. The Kier molecular flexibility index (Phi) is 8.31. The molecule has 0 saturated carbocycles. The summed E-state index contributed by atoms with van der Waals surface area (Å²) in [5, 5.41) is 3.12. The Morgan fingerprint density at radius 3 is 1.75 bits per heavy atom. The zero-order valence-electron chi connectivity index (χ0n) is 20.2. The van der Waals surface area contributed by atoms with E-state index in [0.717, 1.165) is 22.3 Å². The van der Waals surface area contributed by atoms with E-state index in [1.54, 1.807) is 24.3 Å². The van der Waals surface area contributed by atoms with Crippen LogP contribution in [0.5, 0.6) is 0 Å². The van der Waals surface area contributed by atoms with Crippen LogP contribution in [-0.4, -0.2) is 14.3 Å². The minimum Gasteiger partial charge on any atom is -0.347 e. The summed E-state index contributed by atoms with van der Waals surface area (Å²) in [6.07, 6.45) is 0.888. The van der Waals surface area contributed by atoms with Gasteiger partial charge in [0.15, 0.2) is 0 Å². The molecule has 0 heterocycles. The second-order valence-corrected chi connectivity index (χ2v) is 10.5. The number of rotatable bonds is 10. The monoisotopic (exact) mass is 498 g/mol. The van der Waals surface area contributed by atoms with Gasteiger partial charge in [0.25, 0.3) is 0 Å². The van der Waals surface area contributed by atoms with E-state index >= 15 is 0 Å². The molecule has 5 nitrogen and oxygen atoms in total. The molecule has 4 aromatic carbocycles. The minimum atomic E-state index is -3.87. The summed E-state index contributed by atoms with van der Waals surface area (Å²) in [6, 6.07) is 34.0. The van der Waals surface area contributed by atoms with Gasteiger partial charge in [-0.1, -0.05) is 109 Å². The molecule has 184 valence electrons. The second-order valence-electron chi connectivity index (χ2n) is 8.76. The fraction of sp³-hybridized carbons (Fsp3) is 0.167. The molecule has 0 spiro atoms. The van der Waals surface area contributed by atoms with Crippen molar-refractivity contribution >= 4 is 15.9 Å². The molecule has 6 heteroatoms. The van der Waals surface area contributed by atoms with Gasteiger partial charge in [-0.25, -0.2) is 13.1 Å². The van der Waals surface area contributed by atoms with Gasteiger partial charge in [0.05, 0.1) is 17.0 Å². The lowest BCUT2D eigenvalue weighted by Crippen LogP contribution is -2.40. The fourth-order valence-electron chi connectivity index (χ4n) is 4.11. The molecule has 0 aliphatic carbocycles. The van der Waals surface area contributed by atoms with Crippen molar-refractivity contribution in [3.05, 3.63) is 138 Å². The first-order chi connectivity index (χ1) is 17.4. The van der Waals surface area contributed by atoms with E-state index in [0.29, 0.717) is 12.8 Å². The van der Waals surface area contributed by atoms with Crippen molar-refractivity contribution in [3.63, 3.8) is 0 Å². The maximum Gasteiger partial charge on any atom is 0.241 e. The highest BCUT2D eigenvalue weighted by Gasteiger charge is 2.31. The number of carbonyl (C=O) groups excluding carboxylic acids is 1. The zero-order valence-corrected chi connectivity index (χ0v) is 21.0. The van der Waals surface area contributed by atoms with Gasteiger partial charge in [0, 0.05) is 6.42 Å². The smallest absolute Gasteiger partial charge is 0.241 e. The molecule has 2 N–H and O–H groups in total. The standard InChI is InChI=1S/C30H30N2O3S/c1-23-17-20-27(21-18-23)36(34,35)32-30(26-15-9-4-10-16-26)29(25-13-7-3-8-14-25)31-28(33)22-19-24-11-5-2-6-12-24/h2-18,20-21,29-30,32H,19,22H2,1H3,(H,31,33). The van der Waals surface area contributed by atoms with Crippen molar-refractivity contribution in [2.24, 2.45) is 0 Å². The molecule has 36 heavy (non-hydrogen) atoms. The molecule has 0 fully saturated rings. The van der Waals surface area contributed by atoms with Crippen molar-refractivity contribution in [1.29, 1.82) is 0 Å². The molecule has 2 atom stereocenters. The van der Waals surface area contributed by atoms with E-state index in [1.165, 1.54) is 0 Å². The molecule has 4 aromatic rings. The highest BCUT2D eigenvalue weighted by atomic mass is 32.2. The maximum atomic E-state index is 13.4. The average Bonchev–Trinajstić information content (AvgIpc) is 2.91. The Bertz CT molecular complexity index is 1360. The van der Waals surface area contributed by atoms with Gasteiger partial charge < -0.3 is 5.32 Å². The highest BCUT2D eigenvalue weighted by Crippen LogP contribution is 2.31. The molecule has 0 saturated heterocycles. The van der Waals surface area contributed by atoms with Gasteiger partial charge in [-0.15, -0.1) is 0 Å². The zero-order chi connectivity index (χ0) is 25.4. The van der Waals surface area contributed by atoms with Gasteiger partial charge in [0.1, 0.15) is 0 Å². The molecular weight excluding hydrogens is 468 g/mol. The first kappa shape index (κ1) is 25.4. The third kappa shape index (κ3) is 6.68. The summed E-state index contributed by atoms with van der Waals surface area (Å²) in [7, 11) is -3.87. The summed E-state index contributed by atoms with van der Waals surface area (Å²) in [5.41, 5.74) is 3.61. The second kappa shape index (κ2) is 11.8. The summed E-state index contributed by atoms with van der Waals surface area (Å²) in [6.45, 7) is 1.91. The molecule has 4 rings (SSSR count). The van der Waals surface area contributed by atoms with Crippen molar-refractivity contribution < 1.29 is 13.2 Å². The molecular formula is C30H30N2O3S. The van der Waals surface area contributed by atoms with Gasteiger partial charge in [0.2, 0.25) is 15.9 Å². The van der Waals surface area contributed by atoms with Gasteiger partial charge in [-0.2, -0.15) is 0 Å². The van der Waals surface area contributed by atoms with E-state index in [4.69, 9.17) is 0 Å². The van der Waals surface area contributed by atoms with Crippen molar-refractivity contribution in [2.75, 3.05) is 0 Å². The van der Waals surface area contributed by atoms with Gasteiger partial charge >= 0.3 is 0 Å². The molecule has 0 radical (unpaired) electrons. The number of hydrogen-bond donors (Lipinski definition) is 2. The Hall–Kier alpha value is -3.74.